The van der Waals surface area contributed by atoms with Crippen molar-refractivity contribution < 1.29 is 55.7 Å². The van der Waals surface area contributed by atoms with Crippen molar-refractivity contribution in [2.75, 3.05) is 19.6 Å². The number of hydrogen-bond donors (Lipinski definition) is 3. The van der Waals surface area contributed by atoms with E-state index < -0.39 is 53.9 Å². The van der Waals surface area contributed by atoms with Crippen molar-refractivity contribution in [2.45, 2.75) is 43.9 Å². The van der Waals surface area contributed by atoms with E-state index in [1.807, 2.05) is 0 Å². The molecular formula is C23H25F6N3O6. The molecule has 3 atom stereocenters. The van der Waals surface area contributed by atoms with Gasteiger partial charge in [0.2, 0.25) is 11.8 Å². The van der Waals surface area contributed by atoms with Crippen LogP contribution in [0.25, 0.3) is 0 Å². The van der Waals surface area contributed by atoms with E-state index in [1.54, 1.807) is 0 Å². The number of benzene rings is 1. The molecule has 0 radical (unpaired) electrons. The number of likely N-dealkylation sites (tertiary alicyclic amines) is 2. The Bertz CT molecular complexity index is 1080. The summed E-state index contributed by atoms with van der Waals surface area (Å²) in [4.78, 5) is 46.2. The first-order valence-corrected chi connectivity index (χ1v) is 11.2. The number of rotatable bonds is 7. The molecule has 0 bridgehead atoms. The van der Waals surface area contributed by atoms with Crippen LogP contribution < -0.4 is 5.73 Å². The van der Waals surface area contributed by atoms with Crippen LogP contribution in [0.1, 0.15) is 24.8 Å². The summed E-state index contributed by atoms with van der Waals surface area (Å²) in [5.41, 5.74) is 5.74. The molecule has 2 fully saturated rings. The number of amides is 2. The maximum Gasteiger partial charge on any atom is 0.397 e. The lowest BCUT2D eigenvalue weighted by atomic mass is 10.0. The molecule has 2 heterocycles. The maximum absolute atomic E-state index is 13.8. The first-order valence-electron chi connectivity index (χ1n) is 11.2. The van der Waals surface area contributed by atoms with Gasteiger partial charge in [0.25, 0.3) is 0 Å². The molecular weight excluding hydrogens is 528 g/mol. The Balaban J connectivity index is 0.000000550. The third kappa shape index (κ3) is 9.04. The van der Waals surface area contributed by atoms with Gasteiger partial charge in [-0.25, -0.2) is 22.8 Å². The highest BCUT2D eigenvalue weighted by molar-refractivity contribution is 5.89. The molecule has 2 aliphatic rings. The summed E-state index contributed by atoms with van der Waals surface area (Å²) in [6.07, 6.45) is -4.84. The van der Waals surface area contributed by atoms with E-state index in [2.05, 4.69) is 0 Å². The van der Waals surface area contributed by atoms with Crippen molar-refractivity contribution in [1.29, 1.82) is 0 Å². The molecule has 3 rings (SSSR count). The number of alkyl halides is 3. The van der Waals surface area contributed by atoms with Crippen LogP contribution in [0.2, 0.25) is 0 Å². The Hall–Kier alpha value is -3.62. The van der Waals surface area contributed by atoms with E-state index >= 15 is 0 Å². The Kier molecular flexibility index (Phi) is 10.3. The number of hydrogen-bond acceptors (Lipinski definition) is 5. The van der Waals surface area contributed by atoms with Gasteiger partial charge in [-0.3, -0.25) is 9.59 Å². The number of aliphatic carboxylic acids is 2. The molecule has 0 aromatic heterocycles. The summed E-state index contributed by atoms with van der Waals surface area (Å²) < 4.78 is 77.5. The monoisotopic (exact) mass is 553 g/mol. The highest BCUT2D eigenvalue weighted by Gasteiger charge is 2.46. The number of nitrogens with two attached hydrogens (primary N) is 1. The first kappa shape index (κ1) is 30.6. The van der Waals surface area contributed by atoms with Crippen LogP contribution in [0.5, 0.6) is 0 Å². The number of carbonyl (C=O) groups excluding carboxylic acids is 2. The number of carboxylic acids is 2. The number of carbonyl (C=O) groups is 4. The maximum atomic E-state index is 13.8. The average Bonchev–Trinajstić information content (AvgIpc) is 3.36. The SMILES string of the molecule is NC(CC(=O)N1CC[C@H]2CN(C(=O)CC(F)(F)F)C[C@H]21)Cc1cc(F)c(F)cc1F.O=C(O)C=CC(=O)O. The summed E-state index contributed by atoms with van der Waals surface area (Å²) in [7, 11) is 0. The van der Waals surface area contributed by atoms with E-state index in [4.69, 9.17) is 15.9 Å². The fourth-order valence-electron chi connectivity index (χ4n) is 4.32. The van der Waals surface area contributed by atoms with Crippen LogP contribution in [0, 0.1) is 23.4 Å². The van der Waals surface area contributed by atoms with Crippen molar-refractivity contribution in [3.05, 3.63) is 47.3 Å². The van der Waals surface area contributed by atoms with Crippen LogP contribution in [-0.4, -0.2) is 81.7 Å². The minimum absolute atomic E-state index is 0.0262. The molecule has 2 amide bonds. The van der Waals surface area contributed by atoms with Gasteiger partial charge in [-0.2, -0.15) is 13.2 Å². The molecule has 15 heteroatoms. The zero-order valence-electron chi connectivity index (χ0n) is 19.8. The average molecular weight is 553 g/mol. The van der Waals surface area contributed by atoms with Crippen LogP contribution in [0.15, 0.2) is 24.3 Å². The predicted octanol–water partition coefficient (Wildman–Crippen LogP) is 2.09. The topological polar surface area (TPSA) is 141 Å². The second-order valence-corrected chi connectivity index (χ2v) is 8.83. The normalized spacial score (nSPS) is 19.7. The predicted molar refractivity (Wildman–Crippen MR) is 118 cm³/mol. The van der Waals surface area contributed by atoms with Crippen LogP contribution in [-0.2, 0) is 25.6 Å². The van der Waals surface area contributed by atoms with Gasteiger partial charge in [0.1, 0.15) is 12.2 Å². The van der Waals surface area contributed by atoms with Crippen molar-refractivity contribution in [3.8, 4) is 0 Å². The third-order valence-corrected chi connectivity index (χ3v) is 5.95. The second kappa shape index (κ2) is 12.8. The molecule has 2 saturated heterocycles. The summed E-state index contributed by atoms with van der Waals surface area (Å²) in [5, 5.41) is 15.6. The van der Waals surface area contributed by atoms with E-state index in [-0.39, 0.29) is 49.4 Å². The van der Waals surface area contributed by atoms with Gasteiger partial charge in [-0.15, -0.1) is 0 Å². The van der Waals surface area contributed by atoms with Crippen molar-refractivity contribution >= 4 is 23.8 Å². The number of halogens is 6. The van der Waals surface area contributed by atoms with Crippen molar-refractivity contribution in [3.63, 3.8) is 0 Å². The van der Waals surface area contributed by atoms with Gasteiger partial charge in [0, 0.05) is 56.2 Å². The Morgan fingerprint density at radius 3 is 2.11 bits per heavy atom. The molecule has 1 aromatic carbocycles. The lowest BCUT2D eigenvalue weighted by Gasteiger charge is -2.26. The second-order valence-electron chi connectivity index (χ2n) is 8.83. The quantitative estimate of drug-likeness (QED) is 0.267. The number of nitrogens with zero attached hydrogens (tertiary/aromatic N) is 2. The van der Waals surface area contributed by atoms with E-state index in [9.17, 15) is 45.5 Å². The van der Waals surface area contributed by atoms with Gasteiger partial charge in [0.15, 0.2) is 11.6 Å². The highest BCUT2D eigenvalue weighted by Crippen LogP contribution is 2.33. The molecule has 0 aliphatic carbocycles. The highest BCUT2D eigenvalue weighted by atomic mass is 19.4. The summed E-state index contributed by atoms with van der Waals surface area (Å²) in [6, 6.07) is -0.140. The molecule has 0 saturated carbocycles. The summed E-state index contributed by atoms with van der Waals surface area (Å²) in [6.45, 7) is 0.579. The van der Waals surface area contributed by atoms with Crippen LogP contribution in [0.4, 0.5) is 26.3 Å². The lowest BCUT2D eigenvalue weighted by molar-refractivity contribution is -0.161. The zero-order valence-corrected chi connectivity index (χ0v) is 19.8. The first-order chi connectivity index (χ1) is 17.6. The number of fused-ring (bicyclic) bond motifs is 1. The van der Waals surface area contributed by atoms with E-state index in [0.717, 1.165) is 4.90 Å². The van der Waals surface area contributed by atoms with Crippen molar-refractivity contribution in [1.82, 2.24) is 9.80 Å². The van der Waals surface area contributed by atoms with Gasteiger partial charge in [-0.1, -0.05) is 0 Å². The molecule has 1 aromatic rings. The number of carboxylic acid groups (broad SMARTS) is 2. The van der Waals surface area contributed by atoms with Crippen molar-refractivity contribution in [2.24, 2.45) is 11.7 Å². The minimum atomic E-state index is -4.59. The minimum Gasteiger partial charge on any atom is -0.478 e. The van der Waals surface area contributed by atoms with E-state index in [1.165, 1.54) is 4.90 Å². The Morgan fingerprint density at radius 1 is 0.974 bits per heavy atom. The Morgan fingerprint density at radius 2 is 1.55 bits per heavy atom. The van der Waals surface area contributed by atoms with Gasteiger partial charge in [0.05, 0.1) is 6.04 Å². The van der Waals surface area contributed by atoms with Gasteiger partial charge >= 0.3 is 18.1 Å². The summed E-state index contributed by atoms with van der Waals surface area (Å²) in [5.74, 6) is -7.52. The molecule has 210 valence electrons. The third-order valence-electron chi connectivity index (χ3n) is 5.95. The zero-order chi connectivity index (χ0) is 28.8. The molecule has 0 spiro atoms. The standard InChI is InChI=1S/C19H21F6N3O2.C4H4O4/c20-13-6-15(22)14(21)4-11(13)3-12(26)5-17(29)28-2-1-10-8-27(9-16(10)28)18(30)7-19(23,24)25;5-3(6)1-2-4(7)8/h4,6,10,12,16H,1-3,5,7-9,26H2;1-2H,(H,5,6)(H,7,8)/t10-,12?,16+;/m0./s1. The smallest absolute Gasteiger partial charge is 0.397 e. The van der Waals surface area contributed by atoms with Crippen LogP contribution >= 0.6 is 0 Å². The van der Waals surface area contributed by atoms with Gasteiger partial charge in [-0.05, 0) is 24.5 Å². The molecule has 38 heavy (non-hydrogen) atoms. The van der Waals surface area contributed by atoms with E-state index in [0.29, 0.717) is 37.3 Å². The summed E-state index contributed by atoms with van der Waals surface area (Å²) >= 11 is 0. The molecule has 2 aliphatic heterocycles. The fourth-order valence-corrected chi connectivity index (χ4v) is 4.32. The molecule has 9 nitrogen and oxygen atoms in total. The molecule has 1 unspecified atom stereocenters. The fraction of sp³-hybridized carbons (Fsp3) is 0.478. The Labute approximate surface area is 212 Å². The molecule has 4 N–H and O–H groups in total. The van der Waals surface area contributed by atoms with Crippen LogP contribution in [0.3, 0.4) is 0 Å². The van der Waals surface area contributed by atoms with Gasteiger partial charge < -0.3 is 25.7 Å². The largest absolute Gasteiger partial charge is 0.478 e. The lowest BCUT2D eigenvalue weighted by Crippen LogP contribution is -2.43.